The molecule has 1 atom stereocenters. The number of halogens is 1. The third-order valence-electron chi connectivity index (χ3n) is 2.19. The maximum absolute atomic E-state index is 5.80. The van der Waals surface area contributed by atoms with E-state index in [2.05, 4.69) is 25.9 Å². The summed E-state index contributed by atoms with van der Waals surface area (Å²) in [4.78, 5) is 8.14. The van der Waals surface area contributed by atoms with Crippen LogP contribution in [0.4, 0.5) is 0 Å². The highest BCUT2D eigenvalue weighted by molar-refractivity contribution is 9.10. The number of ether oxygens (including phenoxy) is 1. The van der Waals surface area contributed by atoms with Gasteiger partial charge in [-0.2, -0.15) is 0 Å². The van der Waals surface area contributed by atoms with Crippen LogP contribution in [0.5, 0.6) is 11.6 Å². The van der Waals surface area contributed by atoms with Gasteiger partial charge in [-0.25, -0.2) is 4.98 Å². The van der Waals surface area contributed by atoms with E-state index in [1.807, 2.05) is 25.1 Å². The minimum atomic E-state index is -0.0408. The molecular weight excluding hydrogens is 282 g/mol. The smallest absolute Gasteiger partial charge is 0.219 e. The predicted octanol–water partition coefficient (Wildman–Crippen LogP) is 3.05. The fourth-order valence-corrected chi connectivity index (χ4v) is 1.68. The minimum absolute atomic E-state index is 0.0408. The number of aromatic nitrogens is 2. The fourth-order valence-electron chi connectivity index (χ4n) is 1.33. The summed E-state index contributed by atoms with van der Waals surface area (Å²) in [6, 6.07) is 5.48. The van der Waals surface area contributed by atoms with Gasteiger partial charge in [-0.05, 0) is 40.5 Å². The summed E-state index contributed by atoms with van der Waals surface area (Å²) in [5.41, 5.74) is 6.78. The van der Waals surface area contributed by atoms with Crippen molar-refractivity contribution in [3.63, 3.8) is 0 Å². The van der Waals surface area contributed by atoms with Gasteiger partial charge < -0.3 is 10.5 Å². The van der Waals surface area contributed by atoms with Gasteiger partial charge >= 0.3 is 0 Å². The normalized spacial score (nSPS) is 12.2. The Balaban J connectivity index is 2.21. The van der Waals surface area contributed by atoms with Crippen molar-refractivity contribution in [1.82, 2.24) is 9.97 Å². The topological polar surface area (TPSA) is 61.0 Å². The predicted molar refractivity (Wildman–Crippen MR) is 68.9 cm³/mol. The zero-order valence-corrected chi connectivity index (χ0v) is 10.9. The van der Waals surface area contributed by atoms with Crippen molar-refractivity contribution in [3.8, 4) is 11.6 Å². The molecule has 0 fully saturated rings. The molecule has 2 aromatic rings. The lowest BCUT2D eigenvalue weighted by atomic mass is 10.1. The summed E-state index contributed by atoms with van der Waals surface area (Å²) < 4.78 is 6.45. The zero-order valence-electron chi connectivity index (χ0n) is 9.30. The van der Waals surface area contributed by atoms with Gasteiger partial charge in [-0.1, -0.05) is 0 Å². The summed E-state index contributed by atoms with van der Waals surface area (Å²) in [6.07, 6.45) is 5.00. The van der Waals surface area contributed by atoms with Crippen LogP contribution in [-0.2, 0) is 0 Å². The maximum atomic E-state index is 5.80. The van der Waals surface area contributed by atoms with Gasteiger partial charge in [0.2, 0.25) is 5.88 Å². The molecule has 88 valence electrons. The summed E-state index contributed by atoms with van der Waals surface area (Å²) in [5, 5.41) is 0. The van der Waals surface area contributed by atoms with Gasteiger partial charge in [0.1, 0.15) is 5.75 Å². The molecule has 17 heavy (non-hydrogen) atoms. The molecule has 2 heterocycles. The Hall–Kier alpha value is -1.46. The van der Waals surface area contributed by atoms with E-state index in [1.165, 1.54) is 0 Å². The van der Waals surface area contributed by atoms with Gasteiger partial charge in [0.25, 0.3) is 0 Å². The van der Waals surface area contributed by atoms with Crippen molar-refractivity contribution in [2.75, 3.05) is 0 Å². The Labute approximate surface area is 108 Å². The standard InChI is InChI=1S/C12H12BrN3O/c1-8(14)9-2-3-16-12(4-9)17-11-5-10(13)6-15-7-11/h2-8H,14H2,1H3. The molecule has 0 aliphatic carbocycles. The number of hydrogen-bond acceptors (Lipinski definition) is 4. The first kappa shape index (κ1) is 12.0. The van der Waals surface area contributed by atoms with E-state index in [-0.39, 0.29) is 6.04 Å². The summed E-state index contributed by atoms with van der Waals surface area (Å²) in [6.45, 7) is 1.92. The van der Waals surface area contributed by atoms with E-state index < -0.39 is 0 Å². The van der Waals surface area contributed by atoms with E-state index >= 15 is 0 Å². The first-order chi connectivity index (χ1) is 8.15. The SMILES string of the molecule is CC(N)c1ccnc(Oc2cncc(Br)c2)c1. The molecule has 0 aliphatic rings. The van der Waals surface area contributed by atoms with Crippen molar-refractivity contribution in [2.24, 2.45) is 5.73 Å². The van der Waals surface area contributed by atoms with E-state index in [1.54, 1.807) is 18.6 Å². The summed E-state index contributed by atoms with van der Waals surface area (Å²) in [7, 11) is 0. The maximum Gasteiger partial charge on any atom is 0.219 e. The second kappa shape index (κ2) is 5.25. The molecule has 1 unspecified atom stereocenters. The van der Waals surface area contributed by atoms with E-state index in [0.29, 0.717) is 11.6 Å². The van der Waals surface area contributed by atoms with Gasteiger partial charge in [0, 0.05) is 29.0 Å². The van der Waals surface area contributed by atoms with Crippen LogP contribution in [-0.4, -0.2) is 9.97 Å². The van der Waals surface area contributed by atoms with Crippen molar-refractivity contribution in [3.05, 3.63) is 46.8 Å². The van der Waals surface area contributed by atoms with Crippen LogP contribution in [0.2, 0.25) is 0 Å². The van der Waals surface area contributed by atoms with Crippen molar-refractivity contribution >= 4 is 15.9 Å². The lowest BCUT2D eigenvalue weighted by molar-refractivity contribution is 0.459. The molecule has 4 nitrogen and oxygen atoms in total. The molecule has 0 aromatic carbocycles. The van der Waals surface area contributed by atoms with E-state index in [9.17, 15) is 0 Å². The van der Waals surface area contributed by atoms with Gasteiger partial charge in [0.05, 0.1) is 6.20 Å². The highest BCUT2D eigenvalue weighted by atomic mass is 79.9. The van der Waals surface area contributed by atoms with Gasteiger partial charge in [-0.15, -0.1) is 0 Å². The second-order valence-electron chi connectivity index (χ2n) is 3.66. The first-order valence-corrected chi connectivity index (χ1v) is 5.94. The minimum Gasteiger partial charge on any atom is -0.437 e. The van der Waals surface area contributed by atoms with Gasteiger partial charge in [0.15, 0.2) is 0 Å². The van der Waals surface area contributed by atoms with Crippen molar-refractivity contribution in [2.45, 2.75) is 13.0 Å². The quantitative estimate of drug-likeness (QED) is 0.945. The average molecular weight is 294 g/mol. The Morgan fingerprint density at radius 1 is 1.35 bits per heavy atom. The molecule has 0 spiro atoms. The summed E-state index contributed by atoms with van der Waals surface area (Å²) in [5.74, 6) is 1.15. The Morgan fingerprint density at radius 2 is 2.18 bits per heavy atom. The highest BCUT2D eigenvalue weighted by Gasteiger charge is 2.04. The van der Waals surface area contributed by atoms with E-state index in [0.717, 1.165) is 10.0 Å². The third-order valence-corrected chi connectivity index (χ3v) is 2.62. The molecule has 2 aromatic heterocycles. The molecule has 2 N–H and O–H groups in total. The molecule has 0 amide bonds. The van der Waals surface area contributed by atoms with Crippen LogP contribution < -0.4 is 10.5 Å². The van der Waals surface area contributed by atoms with Crippen LogP contribution in [0.25, 0.3) is 0 Å². The Kier molecular flexibility index (Phi) is 3.71. The molecule has 0 radical (unpaired) electrons. The molecule has 0 bridgehead atoms. The lowest BCUT2D eigenvalue weighted by Crippen LogP contribution is -2.05. The van der Waals surface area contributed by atoms with Crippen molar-refractivity contribution in [1.29, 1.82) is 0 Å². The molecule has 2 rings (SSSR count). The molecule has 5 heteroatoms. The number of nitrogens with zero attached hydrogens (tertiary/aromatic N) is 2. The third kappa shape index (κ3) is 3.25. The monoisotopic (exact) mass is 293 g/mol. The second-order valence-corrected chi connectivity index (χ2v) is 4.57. The average Bonchev–Trinajstić information content (AvgIpc) is 2.29. The van der Waals surface area contributed by atoms with E-state index in [4.69, 9.17) is 10.5 Å². The zero-order chi connectivity index (χ0) is 12.3. The van der Waals surface area contributed by atoms with Gasteiger partial charge in [-0.3, -0.25) is 4.98 Å². The molecule has 0 saturated heterocycles. The van der Waals surface area contributed by atoms with Crippen LogP contribution in [0, 0.1) is 0 Å². The number of nitrogens with two attached hydrogens (primary N) is 1. The molecule has 0 aliphatic heterocycles. The Bertz CT molecular complexity index is 517. The van der Waals surface area contributed by atoms with Crippen LogP contribution in [0.3, 0.4) is 0 Å². The lowest BCUT2D eigenvalue weighted by Gasteiger charge is -2.08. The first-order valence-electron chi connectivity index (χ1n) is 5.15. The number of rotatable bonds is 3. The molecule has 0 saturated carbocycles. The fraction of sp³-hybridized carbons (Fsp3) is 0.167. The number of pyridine rings is 2. The Morgan fingerprint density at radius 3 is 2.88 bits per heavy atom. The van der Waals surface area contributed by atoms with Crippen molar-refractivity contribution < 1.29 is 4.74 Å². The largest absolute Gasteiger partial charge is 0.437 e. The number of hydrogen-bond donors (Lipinski definition) is 1. The molecular formula is C12H12BrN3O. The van der Waals surface area contributed by atoms with Crippen LogP contribution in [0.15, 0.2) is 41.3 Å². The highest BCUT2D eigenvalue weighted by Crippen LogP contribution is 2.23. The summed E-state index contributed by atoms with van der Waals surface area (Å²) >= 11 is 3.33. The van der Waals surface area contributed by atoms with Crippen LogP contribution in [0.1, 0.15) is 18.5 Å². The van der Waals surface area contributed by atoms with Crippen LogP contribution >= 0.6 is 15.9 Å².